The van der Waals surface area contributed by atoms with Gasteiger partial charge in [0.15, 0.2) is 0 Å². The van der Waals surface area contributed by atoms with Gasteiger partial charge in [-0.05, 0) is 18.6 Å². The number of rotatable bonds is 18. The summed E-state index contributed by atoms with van der Waals surface area (Å²) in [4.78, 5) is 12.0. The molecule has 0 aliphatic carbocycles. The van der Waals surface area contributed by atoms with E-state index < -0.39 is 29.0 Å². The minimum atomic E-state index is -4.81. The third-order valence-electron chi connectivity index (χ3n) is 5.86. The Balaban J connectivity index is 1.98. The van der Waals surface area contributed by atoms with Crippen LogP contribution >= 0.6 is 0 Å². The van der Waals surface area contributed by atoms with Crippen molar-refractivity contribution in [1.82, 2.24) is 5.32 Å². The predicted molar refractivity (Wildman–Crippen MR) is 123 cm³/mol. The minimum Gasteiger partial charge on any atom is -0.352 e. The van der Waals surface area contributed by atoms with Crippen LogP contribution in [-0.2, 0) is 6.18 Å². The maximum Gasteiger partial charge on any atom is 0.419 e. The Bertz CT molecular complexity index is 631. The summed E-state index contributed by atoms with van der Waals surface area (Å²) in [6, 6.07) is 2.77. The molecule has 1 N–H and O–H groups in total. The van der Waals surface area contributed by atoms with Crippen LogP contribution in [-0.4, -0.2) is 12.5 Å². The van der Waals surface area contributed by atoms with Crippen molar-refractivity contribution in [2.75, 3.05) is 6.54 Å². The average Bonchev–Trinajstić information content (AvgIpc) is 2.75. The molecular formula is C26H41F4NO. The SMILES string of the molecule is CCCCCCCCCCCCCCCCCCNC(=O)c1cccc(C(F)(F)F)c1F. The van der Waals surface area contributed by atoms with Crippen molar-refractivity contribution in [3.8, 4) is 0 Å². The van der Waals surface area contributed by atoms with Crippen molar-refractivity contribution in [3.63, 3.8) is 0 Å². The van der Waals surface area contributed by atoms with E-state index in [-0.39, 0.29) is 0 Å². The summed E-state index contributed by atoms with van der Waals surface area (Å²) in [5.41, 5.74) is -1.97. The minimum absolute atomic E-state index is 0.340. The molecular weight excluding hydrogens is 418 g/mol. The zero-order valence-electron chi connectivity index (χ0n) is 19.7. The van der Waals surface area contributed by atoms with Gasteiger partial charge in [-0.25, -0.2) is 4.39 Å². The van der Waals surface area contributed by atoms with E-state index >= 15 is 0 Å². The van der Waals surface area contributed by atoms with Gasteiger partial charge in [-0.2, -0.15) is 13.2 Å². The Kier molecular flexibility index (Phi) is 15.1. The van der Waals surface area contributed by atoms with E-state index in [4.69, 9.17) is 0 Å². The molecule has 0 spiro atoms. The van der Waals surface area contributed by atoms with E-state index in [2.05, 4.69) is 12.2 Å². The van der Waals surface area contributed by atoms with Crippen LogP contribution in [0.4, 0.5) is 17.6 Å². The van der Waals surface area contributed by atoms with Crippen LogP contribution in [0.15, 0.2) is 18.2 Å². The van der Waals surface area contributed by atoms with Crippen LogP contribution in [0.1, 0.15) is 126 Å². The second-order valence-electron chi connectivity index (χ2n) is 8.72. The summed E-state index contributed by atoms with van der Waals surface area (Å²) in [5, 5.41) is 2.52. The standard InChI is InChI=1S/C26H41F4NO/c1-2-3-4-5-6-7-8-9-10-11-12-13-14-15-16-17-21-31-25(32)22-19-18-20-23(24(22)27)26(28,29)30/h18-20H,2-17,21H2,1H3,(H,31,32). The Hall–Kier alpha value is -1.59. The second-order valence-corrected chi connectivity index (χ2v) is 8.72. The zero-order chi connectivity index (χ0) is 23.7. The monoisotopic (exact) mass is 459 g/mol. The van der Waals surface area contributed by atoms with Crippen molar-refractivity contribution in [2.45, 2.75) is 116 Å². The highest BCUT2D eigenvalue weighted by molar-refractivity contribution is 5.94. The molecule has 0 fully saturated rings. The lowest BCUT2D eigenvalue weighted by atomic mass is 10.0. The van der Waals surface area contributed by atoms with Gasteiger partial charge >= 0.3 is 6.18 Å². The molecule has 1 aromatic carbocycles. The van der Waals surface area contributed by atoms with Crippen molar-refractivity contribution < 1.29 is 22.4 Å². The number of nitrogens with one attached hydrogen (secondary N) is 1. The lowest BCUT2D eigenvalue weighted by Crippen LogP contribution is -2.26. The first-order chi connectivity index (χ1) is 15.4. The van der Waals surface area contributed by atoms with Gasteiger partial charge in [0.1, 0.15) is 5.82 Å². The molecule has 0 radical (unpaired) electrons. The zero-order valence-corrected chi connectivity index (χ0v) is 19.7. The summed E-state index contributed by atoms with van der Waals surface area (Å²) >= 11 is 0. The number of unbranched alkanes of at least 4 members (excludes halogenated alkanes) is 15. The number of hydrogen-bond acceptors (Lipinski definition) is 1. The third-order valence-corrected chi connectivity index (χ3v) is 5.86. The number of benzene rings is 1. The number of carbonyl (C=O) groups is 1. The van der Waals surface area contributed by atoms with E-state index in [0.29, 0.717) is 12.6 Å². The van der Waals surface area contributed by atoms with E-state index in [0.717, 1.165) is 37.8 Å². The predicted octanol–water partition coefficient (Wildman–Crippen LogP) is 8.84. The molecule has 0 atom stereocenters. The van der Waals surface area contributed by atoms with E-state index in [1.807, 2.05) is 0 Å². The van der Waals surface area contributed by atoms with E-state index in [1.54, 1.807) is 0 Å². The van der Waals surface area contributed by atoms with Gasteiger partial charge in [-0.15, -0.1) is 0 Å². The molecule has 0 aromatic heterocycles. The molecule has 0 unspecified atom stereocenters. The van der Waals surface area contributed by atoms with Gasteiger partial charge in [0.05, 0.1) is 11.1 Å². The fourth-order valence-corrected chi connectivity index (χ4v) is 3.90. The van der Waals surface area contributed by atoms with E-state index in [9.17, 15) is 22.4 Å². The number of alkyl halides is 3. The third kappa shape index (κ3) is 12.4. The first kappa shape index (κ1) is 28.4. The summed E-state index contributed by atoms with van der Waals surface area (Å²) in [7, 11) is 0. The van der Waals surface area contributed by atoms with Crippen molar-refractivity contribution >= 4 is 5.91 Å². The van der Waals surface area contributed by atoms with Crippen LogP contribution in [0.5, 0.6) is 0 Å². The van der Waals surface area contributed by atoms with Crippen LogP contribution in [0.3, 0.4) is 0 Å². The molecule has 0 aliphatic heterocycles. The highest BCUT2D eigenvalue weighted by Crippen LogP contribution is 2.32. The Morgan fingerprint density at radius 1 is 0.750 bits per heavy atom. The van der Waals surface area contributed by atoms with Gasteiger partial charge in [0, 0.05) is 6.54 Å². The van der Waals surface area contributed by atoms with Crippen molar-refractivity contribution in [1.29, 1.82) is 0 Å². The maximum atomic E-state index is 14.0. The molecule has 6 heteroatoms. The fourth-order valence-electron chi connectivity index (χ4n) is 3.90. The quantitative estimate of drug-likeness (QED) is 0.172. The molecule has 1 amide bonds. The van der Waals surface area contributed by atoms with Crippen LogP contribution in [0, 0.1) is 5.82 Å². The topological polar surface area (TPSA) is 29.1 Å². The first-order valence-corrected chi connectivity index (χ1v) is 12.5. The van der Waals surface area contributed by atoms with Gasteiger partial charge in [0.2, 0.25) is 0 Å². The smallest absolute Gasteiger partial charge is 0.352 e. The van der Waals surface area contributed by atoms with Crippen molar-refractivity contribution in [2.24, 2.45) is 0 Å². The number of carbonyl (C=O) groups excluding carboxylic acids is 1. The van der Waals surface area contributed by atoms with E-state index in [1.165, 1.54) is 77.0 Å². The van der Waals surface area contributed by atoms with Crippen molar-refractivity contribution in [3.05, 3.63) is 35.1 Å². The van der Waals surface area contributed by atoms with Crippen LogP contribution < -0.4 is 5.32 Å². The number of halogens is 4. The Morgan fingerprint density at radius 2 is 1.19 bits per heavy atom. The molecule has 0 saturated carbocycles. The molecule has 2 nitrogen and oxygen atoms in total. The van der Waals surface area contributed by atoms with Gasteiger partial charge in [0.25, 0.3) is 5.91 Å². The first-order valence-electron chi connectivity index (χ1n) is 12.5. The molecule has 32 heavy (non-hydrogen) atoms. The van der Waals surface area contributed by atoms with Crippen LogP contribution in [0.25, 0.3) is 0 Å². The molecule has 1 rings (SSSR count). The Labute approximate surface area is 191 Å². The molecule has 1 aromatic rings. The second kappa shape index (κ2) is 17.0. The summed E-state index contributed by atoms with van der Waals surface area (Å²) in [5.74, 6) is -2.31. The maximum absolute atomic E-state index is 14.0. The van der Waals surface area contributed by atoms with Gasteiger partial charge in [-0.1, -0.05) is 109 Å². The molecule has 0 saturated heterocycles. The van der Waals surface area contributed by atoms with Gasteiger partial charge < -0.3 is 5.32 Å². The summed E-state index contributed by atoms with van der Waals surface area (Å²) < 4.78 is 52.2. The molecule has 184 valence electrons. The Morgan fingerprint density at radius 3 is 1.62 bits per heavy atom. The highest BCUT2D eigenvalue weighted by Gasteiger charge is 2.35. The average molecular weight is 460 g/mol. The summed E-state index contributed by atoms with van der Waals surface area (Å²) in [6.07, 6.45) is 15.1. The van der Waals surface area contributed by atoms with Gasteiger partial charge in [-0.3, -0.25) is 4.79 Å². The molecule has 0 heterocycles. The lowest BCUT2D eigenvalue weighted by Gasteiger charge is -2.11. The fraction of sp³-hybridized carbons (Fsp3) is 0.731. The number of hydrogen-bond donors (Lipinski definition) is 1. The van der Waals surface area contributed by atoms with Crippen LogP contribution in [0.2, 0.25) is 0 Å². The largest absolute Gasteiger partial charge is 0.419 e. The number of amides is 1. The highest BCUT2D eigenvalue weighted by atomic mass is 19.4. The normalized spacial score (nSPS) is 11.7. The lowest BCUT2D eigenvalue weighted by molar-refractivity contribution is -0.140. The molecule has 0 bridgehead atoms. The molecule has 0 aliphatic rings. The summed E-state index contributed by atoms with van der Waals surface area (Å²) in [6.45, 7) is 2.59.